The van der Waals surface area contributed by atoms with Crippen molar-refractivity contribution in [3.05, 3.63) is 29.1 Å². The standard InChI is InChI=1S/C29H37FN4O6/c1-29(2,3)40-28(39)33-12-8-18(9-13-33)14-17-6-10-32(11-7-17)23-16-20-19(15-21(23)30)26(37)34(27(20)38)22-4-5-24(35)31-25(22)36/h15-18,22H,4-14H2,1-3H3,(H,31,35,36). The molecule has 3 fully saturated rings. The number of amides is 5. The molecule has 1 aromatic rings. The third-order valence-corrected chi connectivity index (χ3v) is 8.40. The molecular formula is C29H37FN4O6. The number of ether oxygens (including phenoxy) is 1. The normalized spacial score (nSPS) is 23.0. The van der Waals surface area contributed by atoms with Crippen LogP contribution in [0.25, 0.3) is 0 Å². The molecule has 1 atom stereocenters. The molecule has 216 valence electrons. The van der Waals surface area contributed by atoms with Gasteiger partial charge in [0.2, 0.25) is 11.8 Å². The molecule has 11 heteroatoms. The summed E-state index contributed by atoms with van der Waals surface area (Å²) in [5.74, 6) is -2.02. The molecule has 0 radical (unpaired) electrons. The Balaban J connectivity index is 1.16. The Kier molecular flexibility index (Phi) is 7.58. The van der Waals surface area contributed by atoms with Crippen molar-refractivity contribution in [2.75, 3.05) is 31.1 Å². The van der Waals surface area contributed by atoms with Crippen LogP contribution in [0.3, 0.4) is 0 Å². The number of nitrogens with one attached hydrogen (secondary N) is 1. The van der Waals surface area contributed by atoms with E-state index in [2.05, 4.69) is 5.32 Å². The molecule has 0 bridgehead atoms. The van der Waals surface area contributed by atoms with Crippen molar-refractivity contribution in [3.8, 4) is 0 Å². The van der Waals surface area contributed by atoms with E-state index < -0.39 is 41.1 Å². The second kappa shape index (κ2) is 10.8. The van der Waals surface area contributed by atoms with Gasteiger partial charge in [0.15, 0.2) is 0 Å². The van der Waals surface area contributed by atoms with Crippen LogP contribution >= 0.6 is 0 Å². The van der Waals surface area contributed by atoms with Crippen LogP contribution in [-0.4, -0.2) is 77.3 Å². The van der Waals surface area contributed by atoms with Crippen LogP contribution in [0.15, 0.2) is 12.1 Å². The van der Waals surface area contributed by atoms with E-state index in [1.165, 1.54) is 6.07 Å². The van der Waals surface area contributed by atoms with E-state index in [1.807, 2.05) is 25.7 Å². The molecule has 0 spiro atoms. The zero-order valence-corrected chi connectivity index (χ0v) is 23.3. The lowest BCUT2D eigenvalue weighted by molar-refractivity contribution is -0.136. The molecule has 5 amide bonds. The Labute approximate surface area is 233 Å². The highest BCUT2D eigenvalue weighted by Crippen LogP contribution is 2.36. The SMILES string of the molecule is CC(C)(C)OC(=O)N1CCC(CC2CCN(c3cc4c(cc3F)C(=O)N(C3CCC(=O)NC3=O)C4=O)CC2)CC1. The van der Waals surface area contributed by atoms with Crippen molar-refractivity contribution in [2.45, 2.75) is 77.4 Å². The van der Waals surface area contributed by atoms with Gasteiger partial charge in [-0.25, -0.2) is 9.18 Å². The van der Waals surface area contributed by atoms with Crippen LogP contribution in [0.1, 0.15) is 86.4 Å². The van der Waals surface area contributed by atoms with Gasteiger partial charge in [0.1, 0.15) is 17.5 Å². The summed E-state index contributed by atoms with van der Waals surface area (Å²) in [5.41, 5.74) is -0.182. The molecule has 40 heavy (non-hydrogen) atoms. The minimum Gasteiger partial charge on any atom is -0.444 e. The highest BCUT2D eigenvalue weighted by atomic mass is 19.1. The van der Waals surface area contributed by atoms with Gasteiger partial charge in [-0.1, -0.05) is 0 Å². The topological polar surface area (TPSA) is 116 Å². The van der Waals surface area contributed by atoms with E-state index in [1.54, 1.807) is 4.90 Å². The lowest BCUT2D eigenvalue weighted by atomic mass is 9.82. The van der Waals surface area contributed by atoms with E-state index in [4.69, 9.17) is 4.74 Å². The van der Waals surface area contributed by atoms with E-state index in [9.17, 15) is 24.0 Å². The molecule has 4 heterocycles. The number of fused-ring (bicyclic) bond motifs is 1. The molecule has 5 rings (SSSR count). The van der Waals surface area contributed by atoms with E-state index in [-0.39, 0.29) is 35.7 Å². The first-order valence-electron chi connectivity index (χ1n) is 14.2. The molecule has 10 nitrogen and oxygen atoms in total. The first kappa shape index (κ1) is 28.0. The van der Waals surface area contributed by atoms with Crippen LogP contribution in [0, 0.1) is 17.7 Å². The fourth-order valence-corrected chi connectivity index (χ4v) is 6.28. The van der Waals surface area contributed by atoms with Gasteiger partial charge in [0.05, 0.1) is 16.8 Å². The summed E-state index contributed by atoms with van der Waals surface area (Å²) < 4.78 is 20.7. The molecule has 1 aromatic carbocycles. The van der Waals surface area contributed by atoms with Crippen LogP contribution in [-0.2, 0) is 14.3 Å². The summed E-state index contributed by atoms with van der Waals surface area (Å²) in [5, 5.41) is 2.17. The van der Waals surface area contributed by atoms with Crippen LogP contribution < -0.4 is 10.2 Å². The number of piperidine rings is 3. The Morgan fingerprint density at radius 3 is 2.08 bits per heavy atom. The Morgan fingerprint density at radius 1 is 0.925 bits per heavy atom. The van der Waals surface area contributed by atoms with Crippen molar-refractivity contribution >= 4 is 35.4 Å². The fraction of sp³-hybridized carbons (Fsp3) is 0.621. The maximum Gasteiger partial charge on any atom is 0.410 e. The van der Waals surface area contributed by atoms with Crippen LogP contribution in [0.4, 0.5) is 14.9 Å². The number of benzene rings is 1. The van der Waals surface area contributed by atoms with Crippen molar-refractivity contribution in [1.82, 2.24) is 15.1 Å². The highest BCUT2D eigenvalue weighted by molar-refractivity contribution is 6.23. The van der Waals surface area contributed by atoms with Crippen LogP contribution in [0.2, 0.25) is 0 Å². The summed E-state index contributed by atoms with van der Waals surface area (Å²) in [6, 6.07) is 1.45. The number of imide groups is 2. The lowest BCUT2D eigenvalue weighted by Gasteiger charge is -2.38. The zero-order chi connectivity index (χ0) is 28.8. The average Bonchev–Trinajstić information content (AvgIpc) is 3.12. The number of hydrogen-bond donors (Lipinski definition) is 1. The number of nitrogens with zero attached hydrogens (tertiary/aromatic N) is 3. The summed E-state index contributed by atoms with van der Waals surface area (Å²) in [6.07, 6.45) is 4.56. The quantitative estimate of drug-likeness (QED) is 0.565. The number of carbonyl (C=O) groups excluding carboxylic acids is 5. The van der Waals surface area contributed by atoms with Gasteiger partial charge in [-0.3, -0.25) is 29.4 Å². The lowest BCUT2D eigenvalue weighted by Crippen LogP contribution is -2.54. The molecule has 1 N–H and O–H groups in total. The van der Waals surface area contributed by atoms with Gasteiger partial charge in [-0.15, -0.1) is 0 Å². The maximum absolute atomic E-state index is 15.2. The summed E-state index contributed by atoms with van der Waals surface area (Å²) in [4.78, 5) is 66.8. The van der Waals surface area contributed by atoms with E-state index in [0.717, 1.165) is 43.1 Å². The number of halogens is 1. The molecule has 4 aliphatic rings. The second-order valence-corrected chi connectivity index (χ2v) is 12.4. The average molecular weight is 557 g/mol. The number of carbonyl (C=O) groups is 5. The molecule has 0 aliphatic carbocycles. The monoisotopic (exact) mass is 556 g/mol. The smallest absolute Gasteiger partial charge is 0.410 e. The van der Waals surface area contributed by atoms with Crippen molar-refractivity contribution < 1.29 is 33.1 Å². The highest BCUT2D eigenvalue weighted by Gasteiger charge is 2.45. The van der Waals surface area contributed by atoms with Gasteiger partial charge in [-0.05, 0) is 83.3 Å². The Bertz CT molecular complexity index is 1230. The number of anilines is 1. The van der Waals surface area contributed by atoms with Crippen LogP contribution in [0.5, 0.6) is 0 Å². The first-order valence-corrected chi connectivity index (χ1v) is 14.2. The summed E-state index contributed by atoms with van der Waals surface area (Å²) in [7, 11) is 0. The summed E-state index contributed by atoms with van der Waals surface area (Å²) in [6.45, 7) is 8.26. The Hall–Kier alpha value is -3.50. The molecular weight excluding hydrogens is 519 g/mol. The Morgan fingerprint density at radius 2 is 1.50 bits per heavy atom. The first-order chi connectivity index (χ1) is 18.9. The van der Waals surface area contributed by atoms with Crippen molar-refractivity contribution in [1.29, 1.82) is 0 Å². The third kappa shape index (κ3) is 5.69. The zero-order valence-electron chi connectivity index (χ0n) is 23.3. The van der Waals surface area contributed by atoms with Gasteiger partial charge in [-0.2, -0.15) is 0 Å². The third-order valence-electron chi connectivity index (χ3n) is 8.40. The molecule has 0 saturated carbocycles. The number of hydrogen-bond acceptors (Lipinski definition) is 7. The van der Waals surface area contributed by atoms with Crippen molar-refractivity contribution in [2.24, 2.45) is 11.8 Å². The van der Waals surface area contributed by atoms with Crippen molar-refractivity contribution in [3.63, 3.8) is 0 Å². The molecule has 0 aromatic heterocycles. The molecule has 4 aliphatic heterocycles. The second-order valence-electron chi connectivity index (χ2n) is 12.4. The number of likely N-dealkylation sites (tertiary alicyclic amines) is 1. The number of rotatable bonds is 4. The van der Waals surface area contributed by atoms with E-state index in [0.29, 0.717) is 38.0 Å². The largest absolute Gasteiger partial charge is 0.444 e. The van der Waals surface area contributed by atoms with Gasteiger partial charge >= 0.3 is 6.09 Å². The minimum atomic E-state index is -1.08. The maximum atomic E-state index is 15.2. The predicted octanol–water partition coefficient (Wildman–Crippen LogP) is 3.48. The van der Waals surface area contributed by atoms with Gasteiger partial charge in [0.25, 0.3) is 11.8 Å². The van der Waals surface area contributed by atoms with Gasteiger partial charge in [0, 0.05) is 32.6 Å². The summed E-state index contributed by atoms with van der Waals surface area (Å²) >= 11 is 0. The fourth-order valence-electron chi connectivity index (χ4n) is 6.28. The van der Waals surface area contributed by atoms with E-state index >= 15 is 4.39 Å². The molecule has 1 unspecified atom stereocenters. The minimum absolute atomic E-state index is 0.0290. The predicted molar refractivity (Wildman–Crippen MR) is 143 cm³/mol. The van der Waals surface area contributed by atoms with Gasteiger partial charge < -0.3 is 14.5 Å². The molecule has 3 saturated heterocycles.